The highest BCUT2D eigenvalue weighted by Crippen LogP contribution is 2.17. The maximum absolute atomic E-state index is 12.0. The smallest absolute Gasteiger partial charge is 0.236 e. The molecule has 0 saturated carbocycles. The van der Waals surface area contributed by atoms with Gasteiger partial charge < -0.3 is 4.90 Å². The lowest BCUT2D eigenvalue weighted by Crippen LogP contribution is -2.43. The second-order valence-corrected chi connectivity index (χ2v) is 4.92. The topological polar surface area (TPSA) is 23.6 Å². The van der Waals surface area contributed by atoms with Crippen molar-refractivity contribution >= 4 is 5.91 Å². The SMILES string of the molecule is C[C@H]1CCCN1C(=O)CN1CCCCC1. The average molecular weight is 210 g/mol. The first-order valence-corrected chi connectivity index (χ1v) is 6.29. The van der Waals surface area contributed by atoms with E-state index in [1.165, 1.54) is 32.1 Å². The molecule has 0 bridgehead atoms. The third-order valence-electron chi connectivity index (χ3n) is 3.68. The third-order valence-corrected chi connectivity index (χ3v) is 3.68. The van der Waals surface area contributed by atoms with E-state index >= 15 is 0 Å². The molecule has 2 fully saturated rings. The highest BCUT2D eigenvalue weighted by atomic mass is 16.2. The zero-order valence-corrected chi connectivity index (χ0v) is 9.74. The van der Waals surface area contributed by atoms with Crippen LogP contribution in [0.25, 0.3) is 0 Å². The Morgan fingerprint density at radius 3 is 2.47 bits per heavy atom. The van der Waals surface area contributed by atoms with Crippen molar-refractivity contribution in [2.24, 2.45) is 0 Å². The molecule has 0 aliphatic carbocycles. The molecular formula is C12H22N2O. The molecule has 0 N–H and O–H groups in total. The lowest BCUT2D eigenvalue weighted by Gasteiger charge is -2.29. The van der Waals surface area contributed by atoms with Crippen LogP contribution < -0.4 is 0 Å². The van der Waals surface area contributed by atoms with E-state index in [0.717, 1.165) is 19.6 Å². The fourth-order valence-corrected chi connectivity index (χ4v) is 2.70. The molecule has 0 aromatic rings. The minimum atomic E-state index is 0.349. The van der Waals surface area contributed by atoms with Gasteiger partial charge in [-0.2, -0.15) is 0 Å². The van der Waals surface area contributed by atoms with Gasteiger partial charge in [-0.15, -0.1) is 0 Å². The van der Waals surface area contributed by atoms with E-state index in [4.69, 9.17) is 0 Å². The Morgan fingerprint density at radius 2 is 1.87 bits per heavy atom. The van der Waals surface area contributed by atoms with Crippen molar-refractivity contribution in [2.45, 2.75) is 45.1 Å². The van der Waals surface area contributed by atoms with Crippen molar-refractivity contribution in [3.8, 4) is 0 Å². The number of carbonyl (C=O) groups is 1. The van der Waals surface area contributed by atoms with Crippen LogP contribution in [0.3, 0.4) is 0 Å². The monoisotopic (exact) mass is 210 g/mol. The van der Waals surface area contributed by atoms with Gasteiger partial charge in [-0.05, 0) is 45.7 Å². The Kier molecular flexibility index (Phi) is 3.62. The number of amides is 1. The summed E-state index contributed by atoms with van der Waals surface area (Å²) in [6, 6.07) is 0.474. The van der Waals surface area contributed by atoms with Crippen LogP contribution in [-0.2, 0) is 4.79 Å². The van der Waals surface area contributed by atoms with Gasteiger partial charge in [0.05, 0.1) is 6.54 Å². The molecule has 2 rings (SSSR count). The second-order valence-electron chi connectivity index (χ2n) is 4.92. The molecule has 1 amide bonds. The van der Waals surface area contributed by atoms with Gasteiger partial charge in [-0.1, -0.05) is 6.42 Å². The van der Waals surface area contributed by atoms with Crippen molar-refractivity contribution < 1.29 is 4.79 Å². The first kappa shape index (κ1) is 10.9. The molecule has 1 atom stereocenters. The summed E-state index contributed by atoms with van der Waals surface area (Å²) in [5, 5.41) is 0. The summed E-state index contributed by atoms with van der Waals surface area (Å²) in [5.41, 5.74) is 0. The van der Waals surface area contributed by atoms with Crippen molar-refractivity contribution in [3.63, 3.8) is 0 Å². The molecule has 15 heavy (non-hydrogen) atoms. The molecular weight excluding hydrogens is 188 g/mol. The van der Waals surface area contributed by atoms with Crippen LogP contribution in [0.15, 0.2) is 0 Å². The number of nitrogens with zero attached hydrogens (tertiary/aromatic N) is 2. The van der Waals surface area contributed by atoms with Crippen molar-refractivity contribution in [2.75, 3.05) is 26.2 Å². The van der Waals surface area contributed by atoms with Crippen LogP contribution in [0, 0.1) is 0 Å². The summed E-state index contributed by atoms with van der Waals surface area (Å²) in [6.45, 7) is 6.04. The number of rotatable bonds is 2. The molecule has 3 nitrogen and oxygen atoms in total. The summed E-state index contributed by atoms with van der Waals surface area (Å²) in [4.78, 5) is 16.4. The molecule has 86 valence electrons. The van der Waals surface area contributed by atoms with Gasteiger partial charge in [0.2, 0.25) is 5.91 Å². The van der Waals surface area contributed by atoms with Gasteiger partial charge in [0.25, 0.3) is 0 Å². The lowest BCUT2D eigenvalue weighted by atomic mass is 10.1. The van der Waals surface area contributed by atoms with E-state index in [1.54, 1.807) is 0 Å². The van der Waals surface area contributed by atoms with E-state index in [2.05, 4.69) is 16.7 Å². The number of hydrogen-bond acceptors (Lipinski definition) is 2. The molecule has 3 heteroatoms. The summed E-state index contributed by atoms with van der Waals surface area (Å²) in [6.07, 6.45) is 6.25. The minimum absolute atomic E-state index is 0.349. The van der Waals surface area contributed by atoms with Crippen LogP contribution in [0.2, 0.25) is 0 Å². The largest absolute Gasteiger partial charge is 0.339 e. The van der Waals surface area contributed by atoms with Crippen molar-refractivity contribution in [1.82, 2.24) is 9.80 Å². The van der Waals surface area contributed by atoms with Crippen LogP contribution >= 0.6 is 0 Å². The highest BCUT2D eigenvalue weighted by Gasteiger charge is 2.26. The summed E-state index contributed by atoms with van der Waals surface area (Å²) >= 11 is 0. The molecule has 0 unspecified atom stereocenters. The van der Waals surface area contributed by atoms with E-state index in [1.807, 2.05) is 0 Å². The standard InChI is InChI=1S/C12H22N2O/c1-11-6-5-9-14(11)12(15)10-13-7-3-2-4-8-13/h11H,2-10H2,1H3/t11-/m0/s1. The van der Waals surface area contributed by atoms with Gasteiger partial charge in [0.1, 0.15) is 0 Å². The van der Waals surface area contributed by atoms with Crippen LogP contribution in [0.5, 0.6) is 0 Å². The van der Waals surface area contributed by atoms with Crippen LogP contribution in [0.4, 0.5) is 0 Å². The fourth-order valence-electron chi connectivity index (χ4n) is 2.70. The van der Waals surface area contributed by atoms with Crippen molar-refractivity contribution in [3.05, 3.63) is 0 Å². The Bertz CT molecular complexity index is 224. The maximum Gasteiger partial charge on any atom is 0.236 e. The van der Waals surface area contributed by atoms with Gasteiger partial charge in [0.15, 0.2) is 0 Å². The number of likely N-dealkylation sites (tertiary alicyclic amines) is 2. The zero-order chi connectivity index (χ0) is 10.7. The van der Waals surface area contributed by atoms with E-state index in [-0.39, 0.29) is 0 Å². The highest BCUT2D eigenvalue weighted by molar-refractivity contribution is 5.78. The van der Waals surface area contributed by atoms with Gasteiger partial charge in [-0.25, -0.2) is 0 Å². The normalized spacial score (nSPS) is 28.3. The Morgan fingerprint density at radius 1 is 1.13 bits per heavy atom. The predicted octanol–water partition coefficient (Wildman–Crippen LogP) is 1.48. The maximum atomic E-state index is 12.0. The van der Waals surface area contributed by atoms with E-state index in [0.29, 0.717) is 18.5 Å². The molecule has 2 heterocycles. The molecule has 0 aromatic carbocycles. The summed E-state index contributed by atoms with van der Waals surface area (Å²) < 4.78 is 0. The van der Waals surface area contributed by atoms with Gasteiger partial charge in [0, 0.05) is 12.6 Å². The van der Waals surface area contributed by atoms with E-state index in [9.17, 15) is 4.79 Å². The Labute approximate surface area is 92.4 Å². The summed E-state index contributed by atoms with van der Waals surface area (Å²) in [5.74, 6) is 0.349. The first-order valence-electron chi connectivity index (χ1n) is 6.29. The molecule has 2 aliphatic heterocycles. The van der Waals surface area contributed by atoms with Crippen LogP contribution in [0.1, 0.15) is 39.0 Å². The molecule has 0 aromatic heterocycles. The Balaban J connectivity index is 1.80. The average Bonchev–Trinajstić information content (AvgIpc) is 2.66. The van der Waals surface area contributed by atoms with Gasteiger partial charge in [-0.3, -0.25) is 9.69 Å². The number of hydrogen-bond donors (Lipinski definition) is 0. The fraction of sp³-hybridized carbons (Fsp3) is 0.917. The number of carbonyl (C=O) groups excluding carboxylic acids is 1. The van der Waals surface area contributed by atoms with E-state index < -0.39 is 0 Å². The third kappa shape index (κ3) is 2.71. The predicted molar refractivity (Wildman–Crippen MR) is 60.7 cm³/mol. The Hall–Kier alpha value is -0.570. The van der Waals surface area contributed by atoms with Crippen molar-refractivity contribution in [1.29, 1.82) is 0 Å². The number of piperidine rings is 1. The molecule has 0 spiro atoms. The molecule has 0 radical (unpaired) electrons. The second kappa shape index (κ2) is 4.97. The minimum Gasteiger partial charge on any atom is -0.339 e. The van der Waals surface area contributed by atoms with Crippen LogP contribution in [-0.4, -0.2) is 47.9 Å². The first-order chi connectivity index (χ1) is 7.27. The summed E-state index contributed by atoms with van der Waals surface area (Å²) in [7, 11) is 0. The quantitative estimate of drug-likeness (QED) is 0.689. The molecule has 2 aliphatic rings. The lowest BCUT2D eigenvalue weighted by molar-refractivity contribution is -0.133. The zero-order valence-electron chi connectivity index (χ0n) is 9.74. The van der Waals surface area contributed by atoms with Gasteiger partial charge >= 0.3 is 0 Å². The molecule has 2 saturated heterocycles.